The highest BCUT2D eigenvalue weighted by atomic mass is 19.1. The molecule has 0 unspecified atom stereocenters. The van der Waals surface area contributed by atoms with Crippen LogP contribution in [0.15, 0.2) is 61.2 Å². The second-order valence-corrected chi connectivity index (χ2v) is 6.91. The van der Waals surface area contributed by atoms with E-state index in [0.29, 0.717) is 19.4 Å². The third-order valence-corrected chi connectivity index (χ3v) is 5.20. The number of carbonyl (C=O) groups excluding carboxylic acids is 1. The Bertz CT molecular complexity index is 896. The van der Waals surface area contributed by atoms with Gasteiger partial charge in [-0.2, -0.15) is 0 Å². The van der Waals surface area contributed by atoms with Gasteiger partial charge in [0.15, 0.2) is 0 Å². The molecule has 1 heterocycles. The second kappa shape index (κ2) is 7.84. The first-order chi connectivity index (χ1) is 13.4. The smallest absolute Gasteiger partial charge is 0.411 e. The lowest BCUT2D eigenvalue weighted by Crippen LogP contribution is -2.48. The summed E-state index contributed by atoms with van der Waals surface area (Å²) in [5.41, 5.74) is 0.727. The predicted octanol–water partition coefficient (Wildman–Crippen LogP) is 4.90. The van der Waals surface area contributed by atoms with Gasteiger partial charge in [-0.3, -0.25) is 0 Å². The fourth-order valence-electron chi connectivity index (χ4n) is 3.58. The Morgan fingerprint density at radius 2 is 2.07 bits per heavy atom. The van der Waals surface area contributed by atoms with Gasteiger partial charge < -0.3 is 14.7 Å². The molecule has 28 heavy (non-hydrogen) atoms. The van der Waals surface area contributed by atoms with Crippen molar-refractivity contribution in [1.82, 2.24) is 4.90 Å². The number of carboxylic acid groups (broad SMARTS) is 1. The van der Waals surface area contributed by atoms with Crippen molar-refractivity contribution in [2.45, 2.75) is 31.4 Å². The van der Waals surface area contributed by atoms with Crippen molar-refractivity contribution in [3.8, 4) is 0 Å². The van der Waals surface area contributed by atoms with Crippen LogP contribution in [0.4, 0.5) is 9.18 Å². The number of ether oxygens (including phenoxy) is 1. The molecule has 0 bridgehead atoms. The van der Waals surface area contributed by atoms with Gasteiger partial charge in [-0.1, -0.05) is 30.3 Å². The first kappa shape index (κ1) is 19.6. The molecule has 146 valence electrons. The number of hydrogen-bond acceptors (Lipinski definition) is 3. The highest BCUT2D eigenvalue weighted by Crippen LogP contribution is 2.39. The van der Waals surface area contributed by atoms with Crippen LogP contribution in [0, 0.1) is 5.82 Å². The molecule has 2 aromatic rings. The van der Waals surface area contributed by atoms with Crippen molar-refractivity contribution >= 4 is 12.1 Å². The molecule has 1 amide bonds. The molecule has 5 nitrogen and oxygen atoms in total. The Morgan fingerprint density at radius 1 is 1.36 bits per heavy atom. The molecule has 0 saturated carbocycles. The number of cyclic esters (lactones) is 1. The number of halogens is 1. The maximum atomic E-state index is 13.3. The molecule has 0 radical (unpaired) electrons. The van der Waals surface area contributed by atoms with E-state index in [9.17, 15) is 19.1 Å². The zero-order valence-corrected chi connectivity index (χ0v) is 15.6. The first-order valence-electron chi connectivity index (χ1n) is 9.06. The molecule has 1 saturated heterocycles. The summed E-state index contributed by atoms with van der Waals surface area (Å²) in [5.74, 6) is -1.37. The molecule has 3 rings (SSSR count). The van der Waals surface area contributed by atoms with E-state index in [1.54, 1.807) is 41.3 Å². The number of nitrogens with zero attached hydrogens (tertiary/aromatic N) is 1. The van der Waals surface area contributed by atoms with Crippen LogP contribution in [0.1, 0.15) is 47.3 Å². The van der Waals surface area contributed by atoms with Crippen molar-refractivity contribution in [2.24, 2.45) is 0 Å². The number of carboxylic acids is 1. The normalized spacial score (nSPS) is 20.4. The van der Waals surface area contributed by atoms with E-state index in [-0.39, 0.29) is 17.4 Å². The highest BCUT2D eigenvalue weighted by Gasteiger charge is 2.42. The summed E-state index contributed by atoms with van der Waals surface area (Å²) in [5, 5.41) is 9.19. The standard InChI is InChI=1S/C22H22FNO4/c1-3-11-22(18-7-9-19(23)10-8-18)12-13-24(21(27)28-22)15(2)16-5-4-6-17(14-16)20(25)26/h3-10,14-15H,1,11-13H2,2H3,(H,25,26)/t15-,22+/m0/s1. The summed E-state index contributed by atoms with van der Waals surface area (Å²) in [6, 6.07) is 12.1. The molecule has 0 spiro atoms. The van der Waals surface area contributed by atoms with Crippen molar-refractivity contribution in [3.63, 3.8) is 0 Å². The zero-order valence-electron chi connectivity index (χ0n) is 15.6. The third-order valence-electron chi connectivity index (χ3n) is 5.20. The van der Waals surface area contributed by atoms with Crippen molar-refractivity contribution < 1.29 is 23.8 Å². The molecule has 0 aliphatic carbocycles. The molecule has 0 aromatic heterocycles. The van der Waals surface area contributed by atoms with E-state index in [4.69, 9.17) is 4.74 Å². The number of benzene rings is 2. The molecule has 2 atom stereocenters. The minimum Gasteiger partial charge on any atom is -0.478 e. The second-order valence-electron chi connectivity index (χ2n) is 6.91. The van der Waals surface area contributed by atoms with Crippen LogP contribution < -0.4 is 0 Å². The van der Waals surface area contributed by atoms with Crippen LogP contribution in [0.3, 0.4) is 0 Å². The fraction of sp³-hybridized carbons (Fsp3) is 0.273. The predicted molar refractivity (Wildman–Crippen MR) is 103 cm³/mol. The third kappa shape index (κ3) is 3.76. The lowest BCUT2D eigenvalue weighted by molar-refractivity contribution is -0.0588. The summed E-state index contributed by atoms with van der Waals surface area (Å²) in [7, 11) is 0. The van der Waals surface area contributed by atoms with E-state index >= 15 is 0 Å². The Morgan fingerprint density at radius 3 is 2.68 bits per heavy atom. The lowest BCUT2D eigenvalue weighted by Gasteiger charge is -2.43. The molecule has 1 fully saturated rings. The van der Waals surface area contributed by atoms with Gasteiger partial charge in [0.25, 0.3) is 0 Å². The van der Waals surface area contributed by atoms with E-state index in [2.05, 4.69) is 6.58 Å². The number of carbonyl (C=O) groups is 2. The van der Waals surface area contributed by atoms with Crippen LogP contribution in [-0.2, 0) is 10.3 Å². The van der Waals surface area contributed by atoms with E-state index in [0.717, 1.165) is 11.1 Å². The SMILES string of the molecule is C=CC[C@]1(c2ccc(F)cc2)CCN([C@@H](C)c2cccc(C(=O)O)c2)C(=O)O1. The molecule has 1 N–H and O–H groups in total. The topological polar surface area (TPSA) is 66.8 Å². The summed E-state index contributed by atoms with van der Waals surface area (Å²) >= 11 is 0. The highest BCUT2D eigenvalue weighted by molar-refractivity contribution is 5.87. The van der Waals surface area contributed by atoms with E-state index in [1.807, 2.05) is 6.92 Å². The van der Waals surface area contributed by atoms with Gasteiger partial charge in [0.1, 0.15) is 11.4 Å². The molecule has 2 aromatic carbocycles. The van der Waals surface area contributed by atoms with Gasteiger partial charge in [0, 0.05) is 19.4 Å². The molecular formula is C22H22FNO4. The Kier molecular flexibility index (Phi) is 5.49. The van der Waals surface area contributed by atoms with Crippen LogP contribution in [-0.4, -0.2) is 28.6 Å². The summed E-state index contributed by atoms with van der Waals surface area (Å²) in [4.78, 5) is 25.6. The Balaban J connectivity index is 1.84. The maximum absolute atomic E-state index is 13.3. The molecule has 6 heteroatoms. The molecule has 1 aliphatic heterocycles. The van der Waals surface area contributed by atoms with Crippen LogP contribution in [0.2, 0.25) is 0 Å². The summed E-state index contributed by atoms with van der Waals surface area (Å²) in [6.07, 6.45) is 2.12. The van der Waals surface area contributed by atoms with E-state index in [1.165, 1.54) is 18.2 Å². The maximum Gasteiger partial charge on any atom is 0.411 e. The van der Waals surface area contributed by atoms with Gasteiger partial charge in [-0.05, 0) is 42.3 Å². The molecule has 1 aliphatic rings. The van der Waals surface area contributed by atoms with Crippen molar-refractivity contribution in [1.29, 1.82) is 0 Å². The van der Waals surface area contributed by atoms with Gasteiger partial charge in [-0.15, -0.1) is 6.58 Å². The largest absolute Gasteiger partial charge is 0.478 e. The Labute approximate surface area is 163 Å². The zero-order chi connectivity index (χ0) is 20.3. The number of rotatable bonds is 6. The van der Waals surface area contributed by atoms with Crippen molar-refractivity contribution in [3.05, 3.63) is 83.7 Å². The minimum atomic E-state index is -1.02. The number of aromatic carboxylic acids is 1. The Hall–Kier alpha value is -3.15. The van der Waals surface area contributed by atoms with Gasteiger partial charge in [0.2, 0.25) is 0 Å². The fourth-order valence-corrected chi connectivity index (χ4v) is 3.58. The van der Waals surface area contributed by atoms with Gasteiger partial charge >= 0.3 is 12.1 Å². The number of hydrogen-bond donors (Lipinski definition) is 1. The number of amides is 1. The van der Waals surface area contributed by atoms with Crippen LogP contribution >= 0.6 is 0 Å². The van der Waals surface area contributed by atoms with Crippen LogP contribution in [0.25, 0.3) is 0 Å². The summed E-state index contributed by atoms with van der Waals surface area (Å²) < 4.78 is 19.2. The minimum absolute atomic E-state index is 0.169. The summed E-state index contributed by atoms with van der Waals surface area (Å²) in [6.45, 7) is 6.01. The van der Waals surface area contributed by atoms with Crippen LogP contribution in [0.5, 0.6) is 0 Å². The quantitative estimate of drug-likeness (QED) is 0.721. The average Bonchev–Trinajstić information content (AvgIpc) is 2.68. The van der Waals surface area contributed by atoms with Gasteiger partial charge in [0.05, 0.1) is 11.6 Å². The first-order valence-corrected chi connectivity index (χ1v) is 9.06. The average molecular weight is 383 g/mol. The van der Waals surface area contributed by atoms with Gasteiger partial charge in [-0.25, -0.2) is 14.0 Å². The lowest BCUT2D eigenvalue weighted by atomic mass is 9.85. The van der Waals surface area contributed by atoms with E-state index < -0.39 is 17.7 Å². The monoisotopic (exact) mass is 383 g/mol. The molecular weight excluding hydrogens is 361 g/mol. The van der Waals surface area contributed by atoms with Crippen molar-refractivity contribution in [2.75, 3.05) is 6.54 Å².